The van der Waals surface area contributed by atoms with Gasteiger partial charge in [0, 0.05) is 18.3 Å². The Hall–Kier alpha value is -1.68. The lowest BCUT2D eigenvalue weighted by molar-refractivity contribution is 0.103. The molecule has 0 saturated carbocycles. The fraction of sp³-hybridized carbons (Fsp3) is 0.231. The highest BCUT2D eigenvalue weighted by atomic mass is 35.5. The molecule has 1 aromatic heterocycles. The number of ketones is 1. The van der Waals surface area contributed by atoms with Crippen LogP contribution >= 0.6 is 11.6 Å². The van der Waals surface area contributed by atoms with E-state index in [9.17, 15) is 9.18 Å². The Morgan fingerprint density at radius 1 is 1.50 bits per heavy atom. The highest BCUT2D eigenvalue weighted by molar-refractivity contribution is 6.34. The van der Waals surface area contributed by atoms with E-state index >= 15 is 0 Å². The van der Waals surface area contributed by atoms with Gasteiger partial charge in [0.2, 0.25) is 0 Å². The fourth-order valence-corrected chi connectivity index (χ4v) is 1.91. The molecule has 0 atom stereocenters. The predicted molar refractivity (Wildman–Crippen MR) is 67.4 cm³/mol. The van der Waals surface area contributed by atoms with Crippen molar-refractivity contribution < 1.29 is 9.18 Å². The maximum absolute atomic E-state index is 12.9. The van der Waals surface area contributed by atoms with Crippen molar-refractivity contribution in [3.05, 3.63) is 52.6 Å². The smallest absolute Gasteiger partial charge is 0.197 e. The lowest BCUT2D eigenvalue weighted by Crippen LogP contribution is -2.02. The number of aryl methyl sites for hydroxylation is 1. The molecule has 5 heteroatoms. The van der Waals surface area contributed by atoms with Crippen molar-refractivity contribution in [2.45, 2.75) is 19.9 Å². The van der Waals surface area contributed by atoms with E-state index in [1.165, 1.54) is 18.3 Å². The van der Waals surface area contributed by atoms with E-state index in [0.717, 1.165) is 19.0 Å². The first-order valence-electron chi connectivity index (χ1n) is 5.64. The molecule has 1 heterocycles. The van der Waals surface area contributed by atoms with Crippen molar-refractivity contribution in [1.82, 2.24) is 9.78 Å². The number of halogens is 2. The Morgan fingerprint density at radius 2 is 2.28 bits per heavy atom. The van der Waals surface area contributed by atoms with Gasteiger partial charge in [-0.15, -0.1) is 0 Å². The number of aromatic nitrogens is 2. The van der Waals surface area contributed by atoms with Crippen LogP contribution in [-0.4, -0.2) is 15.6 Å². The zero-order valence-electron chi connectivity index (χ0n) is 9.86. The summed E-state index contributed by atoms with van der Waals surface area (Å²) < 4.78 is 14.6. The summed E-state index contributed by atoms with van der Waals surface area (Å²) in [5, 5.41) is 4.19. The standard InChI is InChI=1S/C13H12ClFN2O/c1-2-5-17-8-9(7-16-17)13(18)11-4-3-10(15)6-12(11)14/h3-4,6-8H,2,5H2,1H3. The molecule has 0 aliphatic rings. The van der Waals surface area contributed by atoms with Crippen LogP contribution in [0.2, 0.25) is 5.02 Å². The Bertz CT molecular complexity index is 580. The van der Waals surface area contributed by atoms with Gasteiger partial charge in [0.05, 0.1) is 16.8 Å². The third kappa shape index (κ3) is 2.59. The molecule has 0 fully saturated rings. The molecule has 0 spiro atoms. The Balaban J connectivity index is 2.29. The van der Waals surface area contributed by atoms with Crippen LogP contribution in [0.5, 0.6) is 0 Å². The third-order valence-electron chi connectivity index (χ3n) is 2.52. The molecule has 0 radical (unpaired) electrons. The minimum absolute atomic E-state index is 0.114. The van der Waals surface area contributed by atoms with Crippen molar-refractivity contribution in [1.29, 1.82) is 0 Å². The van der Waals surface area contributed by atoms with Crippen LogP contribution in [0, 0.1) is 5.82 Å². The largest absolute Gasteiger partial charge is 0.288 e. The molecule has 0 saturated heterocycles. The fourth-order valence-electron chi connectivity index (χ4n) is 1.66. The molecule has 2 rings (SSSR count). The lowest BCUT2D eigenvalue weighted by Gasteiger charge is -2.01. The second kappa shape index (κ2) is 5.31. The molecule has 0 unspecified atom stereocenters. The quantitative estimate of drug-likeness (QED) is 0.796. The molecule has 0 bridgehead atoms. The van der Waals surface area contributed by atoms with Crippen LogP contribution in [0.3, 0.4) is 0 Å². The zero-order chi connectivity index (χ0) is 13.1. The van der Waals surface area contributed by atoms with Gasteiger partial charge < -0.3 is 0 Å². The zero-order valence-corrected chi connectivity index (χ0v) is 10.6. The van der Waals surface area contributed by atoms with Gasteiger partial charge in [0.1, 0.15) is 5.82 Å². The Kier molecular flexibility index (Phi) is 3.77. The molecule has 94 valence electrons. The highest BCUT2D eigenvalue weighted by Crippen LogP contribution is 2.20. The van der Waals surface area contributed by atoms with Gasteiger partial charge in [-0.1, -0.05) is 18.5 Å². The van der Waals surface area contributed by atoms with Crippen molar-refractivity contribution in [3.8, 4) is 0 Å². The molecular weight excluding hydrogens is 255 g/mol. The van der Waals surface area contributed by atoms with Crippen molar-refractivity contribution in [2.75, 3.05) is 0 Å². The summed E-state index contributed by atoms with van der Waals surface area (Å²) in [5.74, 6) is -0.708. The minimum atomic E-state index is -0.460. The van der Waals surface area contributed by atoms with Crippen LogP contribution in [-0.2, 0) is 6.54 Å². The second-order valence-corrected chi connectivity index (χ2v) is 4.35. The molecule has 0 amide bonds. The maximum Gasteiger partial charge on any atom is 0.197 e. The molecule has 0 N–H and O–H groups in total. The van der Waals surface area contributed by atoms with Crippen LogP contribution in [0.25, 0.3) is 0 Å². The van der Waals surface area contributed by atoms with Gasteiger partial charge in [-0.25, -0.2) is 4.39 Å². The van der Waals surface area contributed by atoms with E-state index in [4.69, 9.17) is 11.6 Å². The predicted octanol–water partition coefficient (Wildman–Crippen LogP) is 3.32. The van der Waals surface area contributed by atoms with Crippen molar-refractivity contribution in [3.63, 3.8) is 0 Å². The molecule has 0 aliphatic heterocycles. The third-order valence-corrected chi connectivity index (χ3v) is 2.84. The monoisotopic (exact) mass is 266 g/mol. The van der Waals surface area contributed by atoms with E-state index in [2.05, 4.69) is 5.10 Å². The average Bonchev–Trinajstić information content (AvgIpc) is 2.77. The lowest BCUT2D eigenvalue weighted by atomic mass is 10.1. The van der Waals surface area contributed by atoms with Gasteiger partial charge in [0.15, 0.2) is 5.78 Å². The molecular formula is C13H12ClFN2O. The summed E-state index contributed by atoms with van der Waals surface area (Å²) in [6.45, 7) is 2.78. The summed E-state index contributed by atoms with van der Waals surface area (Å²) in [5.41, 5.74) is 0.742. The SMILES string of the molecule is CCCn1cc(C(=O)c2ccc(F)cc2Cl)cn1. The van der Waals surface area contributed by atoms with Crippen LogP contribution in [0.15, 0.2) is 30.6 Å². The van der Waals surface area contributed by atoms with Gasteiger partial charge in [-0.3, -0.25) is 9.48 Å². The van der Waals surface area contributed by atoms with Crippen molar-refractivity contribution in [2.24, 2.45) is 0 Å². The van der Waals surface area contributed by atoms with E-state index in [0.29, 0.717) is 5.56 Å². The number of hydrogen-bond acceptors (Lipinski definition) is 2. The number of carbonyl (C=O) groups excluding carboxylic acids is 1. The number of carbonyl (C=O) groups is 1. The molecule has 18 heavy (non-hydrogen) atoms. The number of rotatable bonds is 4. The average molecular weight is 267 g/mol. The molecule has 3 nitrogen and oxygen atoms in total. The number of benzene rings is 1. The molecule has 1 aromatic carbocycles. The van der Waals surface area contributed by atoms with Gasteiger partial charge in [-0.2, -0.15) is 5.10 Å². The minimum Gasteiger partial charge on any atom is -0.288 e. The van der Waals surface area contributed by atoms with Crippen molar-refractivity contribution >= 4 is 17.4 Å². The van der Waals surface area contributed by atoms with Gasteiger partial charge in [0.25, 0.3) is 0 Å². The first-order chi connectivity index (χ1) is 8.61. The maximum atomic E-state index is 12.9. The Morgan fingerprint density at radius 3 is 2.94 bits per heavy atom. The summed E-state index contributed by atoms with van der Waals surface area (Å²) in [4.78, 5) is 12.1. The Labute approximate surface area is 109 Å². The van der Waals surface area contributed by atoms with Crippen LogP contribution in [0.4, 0.5) is 4.39 Å². The molecule has 0 aliphatic carbocycles. The summed E-state index contributed by atoms with van der Waals surface area (Å²) in [6, 6.07) is 3.73. The number of nitrogens with zero attached hydrogens (tertiary/aromatic N) is 2. The first kappa shape index (κ1) is 12.8. The van der Waals surface area contributed by atoms with Gasteiger partial charge in [-0.05, 0) is 24.6 Å². The summed E-state index contributed by atoms with van der Waals surface area (Å²) >= 11 is 5.85. The number of hydrogen-bond donors (Lipinski definition) is 0. The normalized spacial score (nSPS) is 10.6. The van der Waals surface area contributed by atoms with E-state index in [1.54, 1.807) is 10.9 Å². The molecule has 2 aromatic rings. The first-order valence-corrected chi connectivity index (χ1v) is 6.02. The van der Waals surface area contributed by atoms with Crippen LogP contribution in [0.1, 0.15) is 29.3 Å². The highest BCUT2D eigenvalue weighted by Gasteiger charge is 2.15. The van der Waals surface area contributed by atoms with E-state index in [1.807, 2.05) is 6.92 Å². The summed E-state index contributed by atoms with van der Waals surface area (Å²) in [7, 11) is 0. The van der Waals surface area contributed by atoms with E-state index in [-0.39, 0.29) is 16.4 Å². The second-order valence-electron chi connectivity index (χ2n) is 3.95. The van der Waals surface area contributed by atoms with Crippen LogP contribution < -0.4 is 0 Å². The van der Waals surface area contributed by atoms with Gasteiger partial charge >= 0.3 is 0 Å². The summed E-state index contributed by atoms with van der Waals surface area (Å²) in [6.07, 6.45) is 4.11. The van der Waals surface area contributed by atoms with E-state index < -0.39 is 5.82 Å². The topological polar surface area (TPSA) is 34.9 Å².